The maximum atomic E-state index is 16.0. The van der Waals surface area contributed by atoms with Gasteiger partial charge in [0.25, 0.3) is 0 Å². The van der Waals surface area contributed by atoms with E-state index >= 15 is 4.39 Å². The lowest BCUT2D eigenvalue weighted by Gasteiger charge is -2.44. The second kappa shape index (κ2) is 11.6. The number of nitrogens with one attached hydrogen (secondary N) is 1. The Morgan fingerprint density at radius 2 is 1.33 bits per heavy atom. The number of likely N-dealkylation sites (N-methyl/N-ethyl adjacent to an activating group) is 1. The van der Waals surface area contributed by atoms with Crippen LogP contribution >= 0.6 is 0 Å². The third kappa shape index (κ3) is 5.78. The van der Waals surface area contributed by atoms with Gasteiger partial charge in [-0.25, -0.2) is 14.0 Å². The first-order valence-electron chi connectivity index (χ1n) is 11.6. The summed E-state index contributed by atoms with van der Waals surface area (Å²) in [5, 5.41) is 2.55. The largest absolute Gasteiger partial charge is 0.454 e. The van der Waals surface area contributed by atoms with E-state index in [1.807, 2.05) is 30.3 Å². The van der Waals surface area contributed by atoms with Gasteiger partial charge in [0.15, 0.2) is 12.3 Å². The van der Waals surface area contributed by atoms with Crippen molar-refractivity contribution in [2.45, 2.75) is 31.0 Å². The van der Waals surface area contributed by atoms with Gasteiger partial charge in [-0.15, -0.1) is 0 Å². The van der Waals surface area contributed by atoms with E-state index in [1.165, 1.54) is 7.05 Å². The fourth-order valence-corrected chi connectivity index (χ4v) is 4.26. The summed E-state index contributed by atoms with van der Waals surface area (Å²) in [4.78, 5) is 40.3. The molecule has 3 aromatic rings. The van der Waals surface area contributed by atoms with Crippen LogP contribution in [-0.4, -0.2) is 60.8 Å². The maximum absolute atomic E-state index is 16.0. The highest BCUT2D eigenvalue weighted by atomic mass is 19.1. The highest BCUT2D eigenvalue weighted by Crippen LogP contribution is 2.29. The van der Waals surface area contributed by atoms with Crippen LogP contribution in [0.5, 0.6) is 0 Å². The summed E-state index contributed by atoms with van der Waals surface area (Å²) in [5.74, 6) is -1.98. The van der Waals surface area contributed by atoms with Crippen molar-refractivity contribution in [3.05, 3.63) is 108 Å². The topological polar surface area (TPSA) is 84.9 Å². The molecular weight excluding hydrogens is 463 g/mol. The van der Waals surface area contributed by atoms with Gasteiger partial charge in [0.1, 0.15) is 12.1 Å². The van der Waals surface area contributed by atoms with Gasteiger partial charge in [0.2, 0.25) is 5.91 Å². The smallest absolute Gasteiger partial charge is 0.338 e. The number of esters is 2. The van der Waals surface area contributed by atoms with Crippen molar-refractivity contribution in [3.8, 4) is 0 Å². The Balaban J connectivity index is 1.66. The first kappa shape index (κ1) is 25.1. The quantitative estimate of drug-likeness (QED) is 0.511. The molecule has 4 atom stereocenters. The Morgan fingerprint density at radius 3 is 1.86 bits per heavy atom. The molecule has 1 saturated heterocycles. The number of alkyl halides is 1. The molecule has 0 saturated carbocycles. The summed E-state index contributed by atoms with van der Waals surface area (Å²) in [6.07, 6.45) is -4.71. The zero-order valence-electron chi connectivity index (χ0n) is 19.8. The molecule has 0 spiro atoms. The molecule has 7 nitrogen and oxygen atoms in total. The minimum Gasteiger partial charge on any atom is -0.454 e. The van der Waals surface area contributed by atoms with Gasteiger partial charge >= 0.3 is 11.9 Å². The predicted molar refractivity (Wildman–Crippen MR) is 131 cm³/mol. The number of ether oxygens (including phenoxy) is 2. The van der Waals surface area contributed by atoms with Gasteiger partial charge < -0.3 is 14.8 Å². The molecule has 36 heavy (non-hydrogen) atoms. The minimum absolute atomic E-state index is 0.0634. The molecule has 0 unspecified atom stereocenters. The number of carbonyl (C=O) groups excluding carboxylic acids is 3. The van der Waals surface area contributed by atoms with Crippen LogP contribution in [-0.2, 0) is 20.8 Å². The standard InChI is InChI=1S/C28H27FN2O5/c1-30-26(32)24-25(36-28(34)21-15-9-4-10-16-21)23(29)22(35-27(33)20-13-7-3-8-14-20)18-31(24)17-19-11-5-2-6-12-19/h2-16,22-25H,17-18H2,1H3,(H,30,32)/t22-,23+,24+,25+/m1/s1. The zero-order valence-corrected chi connectivity index (χ0v) is 19.8. The van der Waals surface area contributed by atoms with Gasteiger partial charge in [-0.05, 0) is 29.8 Å². The Labute approximate surface area is 208 Å². The van der Waals surface area contributed by atoms with Gasteiger partial charge in [-0.1, -0.05) is 66.7 Å². The zero-order chi connectivity index (χ0) is 25.5. The van der Waals surface area contributed by atoms with Crippen molar-refractivity contribution in [2.24, 2.45) is 0 Å². The van der Waals surface area contributed by atoms with E-state index in [9.17, 15) is 14.4 Å². The van der Waals surface area contributed by atoms with E-state index in [1.54, 1.807) is 65.6 Å². The number of nitrogens with zero attached hydrogens (tertiary/aromatic N) is 1. The molecule has 4 rings (SSSR count). The molecular formula is C28H27FN2O5. The average molecular weight is 491 g/mol. The predicted octanol–water partition coefficient (Wildman–Crippen LogP) is 3.41. The monoisotopic (exact) mass is 490 g/mol. The minimum atomic E-state index is -1.93. The van der Waals surface area contributed by atoms with Crippen molar-refractivity contribution >= 4 is 17.8 Å². The molecule has 0 bridgehead atoms. The van der Waals surface area contributed by atoms with Crippen molar-refractivity contribution in [1.82, 2.24) is 10.2 Å². The second-order valence-corrected chi connectivity index (χ2v) is 8.46. The molecule has 0 radical (unpaired) electrons. The Hall–Kier alpha value is -4.04. The molecule has 3 aromatic carbocycles. The van der Waals surface area contributed by atoms with Crippen molar-refractivity contribution in [1.29, 1.82) is 0 Å². The van der Waals surface area contributed by atoms with Crippen LogP contribution in [0.15, 0.2) is 91.0 Å². The summed E-state index contributed by atoms with van der Waals surface area (Å²) in [5.41, 5.74) is 1.36. The number of hydrogen-bond donors (Lipinski definition) is 1. The molecule has 1 amide bonds. The Morgan fingerprint density at radius 1 is 0.833 bits per heavy atom. The number of benzene rings is 3. The normalized spacial score (nSPS) is 21.8. The molecule has 1 fully saturated rings. The second-order valence-electron chi connectivity index (χ2n) is 8.46. The Bertz CT molecular complexity index is 1180. The maximum Gasteiger partial charge on any atom is 0.338 e. The third-order valence-electron chi connectivity index (χ3n) is 6.05. The number of hydrogen-bond acceptors (Lipinski definition) is 6. The SMILES string of the molecule is CNC(=O)[C@@H]1[C@@H](OC(=O)c2ccccc2)[C@@H](F)[C@H](OC(=O)c2ccccc2)CN1Cc1ccccc1. The molecule has 1 aliphatic heterocycles. The van der Waals surface area contributed by atoms with Gasteiger partial charge in [0, 0.05) is 20.1 Å². The van der Waals surface area contributed by atoms with Gasteiger partial charge in [0.05, 0.1) is 11.1 Å². The summed E-state index contributed by atoms with van der Waals surface area (Å²) in [7, 11) is 1.44. The molecule has 0 aromatic heterocycles. The molecule has 186 valence electrons. The van der Waals surface area contributed by atoms with Crippen LogP contribution in [0.1, 0.15) is 26.3 Å². The van der Waals surface area contributed by atoms with Crippen LogP contribution in [0.25, 0.3) is 0 Å². The Kier molecular flexibility index (Phi) is 8.07. The molecule has 8 heteroatoms. The lowest BCUT2D eigenvalue weighted by molar-refractivity contribution is -0.149. The van der Waals surface area contributed by atoms with Crippen LogP contribution in [0.3, 0.4) is 0 Å². The summed E-state index contributed by atoms with van der Waals surface area (Å²) >= 11 is 0. The lowest BCUT2D eigenvalue weighted by Crippen LogP contribution is -2.65. The van der Waals surface area contributed by atoms with Crippen molar-refractivity contribution < 1.29 is 28.2 Å². The van der Waals surface area contributed by atoms with Crippen molar-refractivity contribution in [2.75, 3.05) is 13.6 Å². The van der Waals surface area contributed by atoms with E-state index in [-0.39, 0.29) is 24.2 Å². The highest BCUT2D eigenvalue weighted by Gasteiger charge is 2.51. The first-order valence-corrected chi connectivity index (χ1v) is 11.6. The van der Waals surface area contributed by atoms with Crippen LogP contribution in [0, 0.1) is 0 Å². The third-order valence-corrected chi connectivity index (χ3v) is 6.05. The average Bonchev–Trinajstić information content (AvgIpc) is 2.92. The van der Waals surface area contributed by atoms with Crippen LogP contribution < -0.4 is 5.32 Å². The lowest BCUT2D eigenvalue weighted by atomic mass is 9.92. The van der Waals surface area contributed by atoms with Gasteiger partial charge in [-0.3, -0.25) is 9.69 Å². The fraction of sp³-hybridized carbons (Fsp3) is 0.250. The van der Waals surface area contributed by atoms with E-state index < -0.39 is 42.3 Å². The van der Waals surface area contributed by atoms with E-state index in [4.69, 9.17) is 9.47 Å². The summed E-state index contributed by atoms with van der Waals surface area (Å²) in [6, 6.07) is 24.6. The first-order chi connectivity index (χ1) is 17.5. The number of halogens is 1. The van der Waals surface area contributed by atoms with Crippen molar-refractivity contribution in [3.63, 3.8) is 0 Å². The summed E-state index contributed by atoms with van der Waals surface area (Å²) in [6.45, 7) is 0.191. The highest BCUT2D eigenvalue weighted by molar-refractivity contribution is 5.91. The summed E-state index contributed by atoms with van der Waals surface area (Å²) < 4.78 is 27.1. The van der Waals surface area contributed by atoms with Gasteiger partial charge in [-0.2, -0.15) is 0 Å². The number of likely N-dealkylation sites (tertiary alicyclic amines) is 1. The molecule has 1 N–H and O–H groups in total. The van der Waals surface area contributed by atoms with E-state index in [0.29, 0.717) is 0 Å². The molecule has 1 aliphatic rings. The molecule has 0 aliphatic carbocycles. The number of rotatable bonds is 7. The van der Waals surface area contributed by atoms with E-state index in [0.717, 1.165) is 5.56 Å². The van der Waals surface area contributed by atoms with E-state index in [2.05, 4.69) is 5.32 Å². The number of piperidine rings is 1. The van der Waals surface area contributed by atoms with Crippen LogP contribution in [0.2, 0.25) is 0 Å². The fourth-order valence-electron chi connectivity index (χ4n) is 4.26. The number of amides is 1. The number of carbonyl (C=O) groups is 3. The molecule has 1 heterocycles. The van der Waals surface area contributed by atoms with Crippen LogP contribution in [0.4, 0.5) is 4.39 Å².